The first kappa shape index (κ1) is 22.5. The summed E-state index contributed by atoms with van der Waals surface area (Å²) in [7, 11) is 0. The van der Waals surface area contributed by atoms with Crippen LogP contribution in [0.4, 0.5) is 9.59 Å². The summed E-state index contributed by atoms with van der Waals surface area (Å²) in [5.41, 5.74) is 0. The van der Waals surface area contributed by atoms with Crippen molar-refractivity contribution in [3.63, 3.8) is 0 Å². The largest absolute Gasteiger partial charge is 3.00 e. The fourth-order valence-corrected chi connectivity index (χ4v) is 0. The monoisotopic (exact) mass is 291 g/mol. The summed E-state index contributed by atoms with van der Waals surface area (Å²) in [4.78, 5) is 16.7. The summed E-state index contributed by atoms with van der Waals surface area (Å²) in [5, 5.41) is 33.3. The summed E-state index contributed by atoms with van der Waals surface area (Å²) in [6, 6.07) is 0. The Hall–Kier alpha value is 0.0844. The topological polar surface area (TPSA) is 163 Å². The molecule has 0 atom stereocenters. The Balaban J connectivity index is -0.0000000300. The second-order valence-corrected chi connectivity index (χ2v) is 0.500. The SMILES string of the molecule is O=C([O-])[O-].O=C([O-])[O-].[Eu+3].[NH4+]. The molecule has 0 aliphatic heterocycles. The first-order valence-electron chi connectivity index (χ1n) is 1.22. The Morgan fingerprint density at radius 2 is 0.800 bits per heavy atom. The molecule has 0 radical (unpaired) electrons. The van der Waals surface area contributed by atoms with E-state index in [0.717, 1.165) is 0 Å². The van der Waals surface area contributed by atoms with Crippen molar-refractivity contribution in [2.75, 3.05) is 0 Å². The molecule has 60 valence electrons. The van der Waals surface area contributed by atoms with Crippen LogP contribution in [-0.4, -0.2) is 12.3 Å². The van der Waals surface area contributed by atoms with Gasteiger partial charge in [0.05, 0.1) is 0 Å². The molecule has 0 amide bonds. The van der Waals surface area contributed by atoms with Gasteiger partial charge in [0.25, 0.3) is 0 Å². The molecule has 0 fully saturated rings. The molecule has 0 aromatic carbocycles. The summed E-state index contributed by atoms with van der Waals surface area (Å²) < 4.78 is 0. The zero-order valence-corrected chi connectivity index (χ0v) is 7.25. The van der Waals surface area contributed by atoms with Gasteiger partial charge in [0.2, 0.25) is 0 Å². The second-order valence-electron chi connectivity index (χ2n) is 0.500. The zero-order chi connectivity index (χ0) is 7.15. The summed E-state index contributed by atoms with van der Waals surface area (Å²) in [6.45, 7) is 0. The van der Waals surface area contributed by atoms with Crippen LogP contribution < -0.4 is 26.6 Å². The molecule has 0 saturated carbocycles. The molecule has 10 heavy (non-hydrogen) atoms. The van der Waals surface area contributed by atoms with E-state index in [1.54, 1.807) is 0 Å². The van der Waals surface area contributed by atoms with Crippen molar-refractivity contribution in [2.24, 2.45) is 0 Å². The van der Waals surface area contributed by atoms with Crippen LogP contribution in [0.2, 0.25) is 0 Å². The third-order valence-electron chi connectivity index (χ3n) is 0. The van der Waals surface area contributed by atoms with Crippen molar-refractivity contribution >= 4 is 12.3 Å². The van der Waals surface area contributed by atoms with Crippen molar-refractivity contribution in [2.45, 2.75) is 0 Å². The van der Waals surface area contributed by atoms with Gasteiger partial charge in [-0.25, -0.2) is 0 Å². The minimum absolute atomic E-state index is 0. The molecule has 0 saturated heterocycles. The van der Waals surface area contributed by atoms with Crippen LogP contribution in [0.3, 0.4) is 0 Å². The average molecular weight is 290 g/mol. The third kappa shape index (κ3) is 56900. The standard InChI is InChI=1S/2CH2O3.Eu.H3N/c2*2-1(3)4;;/h2*(H2,2,3,4);;1H3/q;;+3;/p-3. The first-order chi connectivity index (χ1) is 3.46. The molecule has 0 rings (SSSR count). The number of carboxylic acid groups (broad SMARTS) is 4. The quantitative estimate of drug-likeness (QED) is 0.472. The van der Waals surface area contributed by atoms with E-state index >= 15 is 0 Å². The van der Waals surface area contributed by atoms with Crippen molar-refractivity contribution < 1.29 is 79.4 Å². The normalized spacial score (nSPS) is 4.80. The molecule has 0 aliphatic rings. The van der Waals surface area contributed by atoms with Gasteiger partial charge < -0.3 is 36.2 Å². The fraction of sp³-hybridized carbons (Fsp3) is 0. The molecule has 0 aromatic rings. The van der Waals surface area contributed by atoms with Crippen LogP contribution in [0.5, 0.6) is 0 Å². The van der Waals surface area contributed by atoms with Crippen LogP contribution in [-0.2, 0) is 0 Å². The van der Waals surface area contributed by atoms with Crippen molar-refractivity contribution in [3.8, 4) is 0 Å². The van der Waals surface area contributed by atoms with Crippen molar-refractivity contribution in [1.82, 2.24) is 6.15 Å². The Kier molecular flexibility index (Phi) is 36.1. The average Bonchev–Trinajstić information content (AvgIpc) is 1.25. The van der Waals surface area contributed by atoms with E-state index in [2.05, 4.69) is 0 Å². The molecular formula is C2H4EuNO6. The Morgan fingerprint density at radius 3 is 0.800 bits per heavy atom. The van der Waals surface area contributed by atoms with Gasteiger partial charge >= 0.3 is 49.4 Å². The smallest absolute Gasteiger partial charge is 0.652 e. The number of hydrogen-bond acceptors (Lipinski definition) is 6. The molecule has 0 unspecified atom stereocenters. The van der Waals surface area contributed by atoms with E-state index in [1.165, 1.54) is 0 Å². The van der Waals surface area contributed by atoms with E-state index in [0.29, 0.717) is 0 Å². The van der Waals surface area contributed by atoms with Crippen LogP contribution in [0.1, 0.15) is 0 Å². The van der Waals surface area contributed by atoms with E-state index in [9.17, 15) is 0 Å². The predicted molar refractivity (Wildman–Crippen MR) is 16.8 cm³/mol. The van der Waals surface area contributed by atoms with Crippen molar-refractivity contribution in [1.29, 1.82) is 0 Å². The van der Waals surface area contributed by atoms with E-state index < -0.39 is 12.3 Å². The van der Waals surface area contributed by atoms with Gasteiger partial charge in [-0.2, -0.15) is 0 Å². The van der Waals surface area contributed by atoms with Gasteiger partial charge in [0.15, 0.2) is 0 Å². The van der Waals surface area contributed by atoms with Gasteiger partial charge in [0, 0.05) is 0 Å². The molecule has 8 heteroatoms. The number of quaternary nitrogens is 1. The molecule has 0 aromatic heterocycles. The molecule has 0 heterocycles. The van der Waals surface area contributed by atoms with Crippen LogP contribution in [0, 0.1) is 49.4 Å². The summed E-state index contributed by atoms with van der Waals surface area (Å²) in [5.74, 6) is 0. The molecule has 0 bridgehead atoms. The molecule has 0 aliphatic carbocycles. The maximum absolute atomic E-state index is 8.33. The molecule has 4 N–H and O–H groups in total. The summed E-state index contributed by atoms with van der Waals surface area (Å²) >= 11 is 0. The Morgan fingerprint density at radius 1 is 0.800 bits per heavy atom. The van der Waals surface area contributed by atoms with E-state index in [-0.39, 0.29) is 55.5 Å². The van der Waals surface area contributed by atoms with Gasteiger partial charge in [0.1, 0.15) is 0 Å². The number of carbonyl (C=O) groups is 2. The second kappa shape index (κ2) is 16.0. The predicted octanol–water partition coefficient (Wildman–Crippen LogP) is -4.52. The Bertz CT molecular complexity index is 73.7. The minimum Gasteiger partial charge on any atom is -0.652 e. The van der Waals surface area contributed by atoms with Gasteiger partial charge in [-0.3, -0.25) is 0 Å². The maximum atomic E-state index is 8.33. The van der Waals surface area contributed by atoms with Gasteiger partial charge in [-0.15, -0.1) is 0 Å². The minimum atomic E-state index is -2.33. The zero-order valence-electron chi connectivity index (χ0n) is 4.83. The summed E-state index contributed by atoms with van der Waals surface area (Å²) in [6.07, 6.45) is -4.67. The van der Waals surface area contributed by atoms with Gasteiger partial charge in [-0.1, -0.05) is 0 Å². The fourth-order valence-electron chi connectivity index (χ4n) is 0. The van der Waals surface area contributed by atoms with Crippen LogP contribution in [0.25, 0.3) is 0 Å². The first-order valence-corrected chi connectivity index (χ1v) is 1.22. The number of carbonyl (C=O) groups excluding carboxylic acids is 2. The molecular weight excluding hydrogens is 286 g/mol. The van der Waals surface area contributed by atoms with E-state index in [4.69, 9.17) is 30.0 Å². The Labute approximate surface area is 96.8 Å². The molecule has 0 spiro atoms. The van der Waals surface area contributed by atoms with Crippen molar-refractivity contribution in [3.05, 3.63) is 0 Å². The molecule has 7 nitrogen and oxygen atoms in total. The van der Waals surface area contributed by atoms with E-state index in [1.807, 2.05) is 0 Å². The third-order valence-corrected chi connectivity index (χ3v) is 0. The maximum Gasteiger partial charge on any atom is 3.00 e. The number of rotatable bonds is 0. The van der Waals surface area contributed by atoms with Gasteiger partial charge in [-0.05, 0) is 12.3 Å². The van der Waals surface area contributed by atoms with Crippen LogP contribution >= 0.6 is 0 Å². The number of hydrogen-bond donors (Lipinski definition) is 1. The van der Waals surface area contributed by atoms with Crippen LogP contribution in [0.15, 0.2) is 0 Å².